The molecule has 0 amide bonds. The second-order valence-corrected chi connectivity index (χ2v) is 6.83. The highest BCUT2D eigenvalue weighted by molar-refractivity contribution is 8.13. The third-order valence-corrected chi connectivity index (χ3v) is 3.69. The van der Waals surface area contributed by atoms with Crippen LogP contribution in [0.2, 0.25) is 0 Å². The molecule has 0 spiro atoms. The highest BCUT2D eigenvalue weighted by Gasteiger charge is 2.14. The maximum Gasteiger partial charge on any atom is 0.232 e. The van der Waals surface area contributed by atoms with Crippen LogP contribution in [0, 0.1) is 0 Å². The van der Waals surface area contributed by atoms with Gasteiger partial charge in [0.15, 0.2) is 0 Å². The average Bonchev–Trinajstić information content (AvgIpc) is 2.21. The highest BCUT2D eigenvalue weighted by atomic mass is 35.7. The molecule has 0 aliphatic rings. The molecule has 1 atom stereocenters. The lowest BCUT2D eigenvalue weighted by Crippen LogP contribution is -2.39. The fourth-order valence-electron chi connectivity index (χ4n) is 1.55. The van der Waals surface area contributed by atoms with Gasteiger partial charge in [-0.25, -0.2) is 8.42 Å². The van der Waals surface area contributed by atoms with Gasteiger partial charge in [0.05, 0.1) is 19.0 Å². The Kier molecular flexibility index (Phi) is 9.17. The molecule has 0 bridgehead atoms. The standard InChI is InChI=1S/C10H22ClNO4S/c1-10(9-16-3)12(6-7-15-2)5-4-8-17(11,13)14/h10H,4-9H2,1-3H3. The Morgan fingerprint density at radius 1 is 1.24 bits per heavy atom. The van der Waals surface area contributed by atoms with E-state index in [1.807, 2.05) is 6.92 Å². The maximum absolute atomic E-state index is 10.8. The number of halogens is 1. The number of rotatable bonds is 10. The molecule has 5 nitrogen and oxygen atoms in total. The summed E-state index contributed by atoms with van der Waals surface area (Å²) >= 11 is 0. The van der Waals surface area contributed by atoms with Gasteiger partial charge in [-0.3, -0.25) is 4.90 Å². The minimum absolute atomic E-state index is 0.00224. The molecular formula is C10H22ClNO4S. The lowest BCUT2D eigenvalue weighted by molar-refractivity contribution is 0.0753. The summed E-state index contributed by atoms with van der Waals surface area (Å²) in [5, 5.41) is 0. The number of hydrogen-bond donors (Lipinski definition) is 0. The summed E-state index contributed by atoms with van der Waals surface area (Å²) in [5.41, 5.74) is 0. The van der Waals surface area contributed by atoms with E-state index in [1.165, 1.54) is 0 Å². The fourth-order valence-corrected chi connectivity index (χ4v) is 2.35. The molecule has 0 aromatic rings. The van der Waals surface area contributed by atoms with Crippen LogP contribution in [0.25, 0.3) is 0 Å². The molecule has 0 aromatic heterocycles. The molecule has 0 aliphatic heterocycles. The van der Waals surface area contributed by atoms with E-state index in [0.717, 1.165) is 6.54 Å². The first-order valence-electron chi connectivity index (χ1n) is 5.55. The predicted molar refractivity (Wildman–Crippen MR) is 69.0 cm³/mol. The predicted octanol–water partition coefficient (Wildman–Crippen LogP) is 0.928. The molecule has 0 aromatic carbocycles. The van der Waals surface area contributed by atoms with E-state index in [1.54, 1.807) is 14.2 Å². The van der Waals surface area contributed by atoms with Crippen LogP contribution in [-0.4, -0.2) is 65.6 Å². The molecule has 104 valence electrons. The van der Waals surface area contributed by atoms with E-state index in [2.05, 4.69) is 4.90 Å². The molecule has 17 heavy (non-hydrogen) atoms. The smallest absolute Gasteiger partial charge is 0.232 e. The molecule has 0 fully saturated rings. The summed E-state index contributed by atoms with van der Waals surface area (Å²) < 4.78 is 31.7. The van der Waals surface area contributed by atoms with Gasteiger partial charge in [0.25, 0.3) is 0 Å². The van der Waals surface area contributed by atoms with Crippen molar-refractivity contribution in [2.45, 2.75) is 19.4 Å². The number of hydrogen-bond acceptors (Lipinski definition) is 5. The van der Waals surface area contributed by atoms with E-state index in [-0.39, 0.29) is 11.8 Å². The molecule has 0 radical (unpaired) electrons. The summed E-state index contributed by atoms with van der Waals surface area (Å²) in [6.07, 6.45) is 0.517. The van der Waals surface area contributed by atoms with Crippen LogP contribution in [0.15, 0.2) is 0 Å². The van der Waals surface area contributed by atoms with Gasteiger partial charge in [-0.2, -0.15) is 0 Å². The van der Waals surface area contributed by atoms with Crippen molar-refractivity contribution < 1.29 is 17.9 Å². The fraction of sp³-hybridized carbons (Fsp3) is 1.00. The second kappa shape index (κ2) is 9.10. The maximum atomic E-state index is 10.8. The van der Waals surface area contributed by atoms with Crippen LogP contribution < -0.4 is 0 Å². The first-order valence-corrected chi connectivity index (χ1v) is 8.02. The molecular weight excluding hydrogens is 266 g/mol. The van der Waals surface area contributed by atoms with Gasteiger partial charge in [-0.05, 0) is 19.9 Å². The van der Waals surface area contributed by atoms with Gasteiger partial charge in [-0.1, -0.05) is 0 Å². The van der Waals surface area contributed by atoms with Gasteiger partial charge in [-0.15, -0.1) is 0 Å². The molecule has 0 aliphatic carbocycles. The summed E-state index contributed by atoms with van der Waals surface area (Å²) in [4.78, 5) is 2.13. The number of methoxy groups -OCH3 is 2. The van der Waals surface area contributed by atoms with Crippen molar-refractivity contribution in [3.8, 4) is 0 Å². The molecule has 0 rings (SSSR count). The highest BCUT2D eigenvalue weighted by Crippen LogP contribution is 2.04. The molecule has 0 saturated heterocycles. The van der Waals surface area contributed by atoms with Crippen molar-refractivity contribution in [3.63, 3.8) is 0 Å². The lowest BCUT2D eigenvalue weighted by Gasteiger charge is -2.28. The Labute approximate surface area is 108 Å². The SMILES string of the molecule is COCCN(CCCS(=O)(=O)Cl)C(C)COC. The van der Waals surface area contributed by atoms with Crippen molar-refractivity contribution in [2.75, 3.05) is 46.3 Å². The summed E-state index contributed by atoms with van der Waals surface area (Å²) in [6, 6.07) is 0.230. The summed E-state index contributed by atoms with van der Waals surface area (Å²) in [5.74, 6) is -0.00224. The van der Waals surface area contributed by atoms with Crippen molar-refractivity contribution in [1.29, 1.82) is 0 Å². The number of nitrogens with zero attached hydrogens (tertiary/aromatic N) is 1. The van der Waals surface area contributed by atoms with Crippen molar-refractivity contribution in [2.24, 2.45) is 0 Å². The first-order chi connectivity index (χ1) is 7.90. The largest absolute Gasteiger partial charge is 0.383 e. The zero-order valence-corrected chi connectivity index (χ0v) is 12.3. The van der Waals surface area contributed by atoms with Crippen molar-refractivity contribution >= 4 is 19.7 Å². The van der Waals surface area contributed by atoms with Gasteiger partial charge >= 0.3 is 0 Å². The Balaban J connectivity index is 4.09. The lowest BCUT2D eigenvalue weighted by atomic mass is 10.2. The van der Waals surface area contributed by atoms with E-state index >= 15 is 0 Å². The van der Waals surface area contributed by atoms with Gasteiger partial charge in [0, 0.05) is 37.5 Å². The van der Waals surface area contributed by atoms with Crippen LogP contribution in [0.3, 0.4) is 0 Å². The molecule has 0 saturated carbocycles. The third-order valence-electron chi connectivity index (χ3n) is 2.45. The topological polar surface area (TPSA) is 55.8 Å². The second-order valence-electron chi connectivity index (χ2n) is 3.93. The molecule has 0 N–H and O–H groups in total. The van der Waals surface area contributed by atoms with Crippen LogP contribution in [0.4, 0.5) is 0 Å². The van der Waals surface area contributed by atoms with E-state index in [9.17, 15) is 8.42 Å². The third kappa shape index (κ3) is 9.79. The van der Waals surface area contributed by atoms with Crippen LogP contribution in [-0.2, 0) is 18.5 Å². The molecule has 0 heterocycles. The monoisotopic (exact) mass is 287 g/mol. The van der Waals surface area contributed by atoms with Gasteiger partial charge < -0.3 is 9.47 Å². The van der Waals surface area contributed by atoms with Crippen molar-refractivity contribution in [1.82, 2.24) is 4.90 Å². The normalized spacial score (nSPS) is 14.2. The van der Waals surface area contributed by atoms with E-state index < -0.39 is 9.05 Å². The number of ether oxygens (including phenoxy) is 2. The summed E-state index contributed by atoms with van der Waals surface area (Å²) in [6.45, 7) is 4.68. The minimum Gasteiger partial charge on any atom is -0.383 e. The van der Waals surface area contributed by atoms with Crippen LogP contribution in [0.5, 0.6) is 0 Å². The minimum atomic E-state index is -3.40. The Bertz CT molecular complexity index is 284. The average molecular weight is 288 g/mol. The molecule has 1 unspecified atom stereocenters. The quantitative estimate of drug-likeness (QED) is 0.560. The Morgan fingerprint density at radius 2 is 1.88 bits per heavy atom. The van der Waals surface area contributed by atoms with Crippen LogP contribution in [0.1, 0.15) is 13.3 Å². The molecule has 7 heteroatoms. The first kappa shape index (κ1) is 17.1. The van der Waals surface area contributed by atoms with Gasteiger partial charge in [0.1, 0.15) is 0 Å². The Hall–Kier alpha value is 0.120. The Morgan fingerprint density at radius 3 is 2.35 bits per heavy atom. The van der Waals surface area contributed by atoms with E-state index in [4.69, 9.17) is 20.2 Å². The van der Waals surface area contributed by atoms with E-state index in [0.29, 0.717) is 26.2 Å². The zero-order chi connectivity index (χ0) is 13.3. The summed E-state index contributed by atoms with van der Waals surface area (Å²) in [7, 11) is 5.06. The van der Waals surface area contributed by atoms with Gasteiger partial charge in [0.2, 0.25) is 9.05 Å². The van der Waals surface area contributed by atoms with Crippen LogP contribution >= 0.6 is 10.7 Å². The zero-order valence-electron chi connectivity index (χ0n) is 10.7. The van der Waals surface area contributed by atoms with Crippen molar-refractivity contribution in [3.05, 3.63) is 0 Å².